The highest BCUT2D eigenvalue weighted by Gasteiger charge is 2.21. The van der Waals surface area contributed by atoms with E-state index in [2.05, 4.69) is 10.6 Å². The number of amides is 1. The summed E-state index contributed by atoms with van der Waals surface area (Å²) >= 11 is 0. The van der Waals surface area contributed by atoms with Crippen molar-refractivity contribution in [2.24, 2.45) is 0 Å². The van der Waals surface area contributed by atoms with E-state index in [-0.39, 0.29) is 11.9 Å². The Morgan fingerprint density at radius 1 is 1.32 bits per heavy atom. The zero-order valence-corrected chi connectivity index (χ0v) is 11.4. The third-order valence-corrected chi connectivity index (χ3v) is 3.29. The van der Waals surface area contributed by atoms with Crippen molar-refractivity contribution >= 4 is 11.6 Å². The van der Waals surface area contributed by atoms with Gasteiger partial charge in [0.1, 0.15) is 11.5 Å². The van der Waals surface area contributed by atoms with Crippen LogP contribution >= 0.6 is 0 Å². The molecule has 0 spiro atoms. The maximum absolute atomic E-state index is 12.2. The molecule has 1 aromatic rings. The molecule has 1 amide bonds. The molecule has 5 heteroatoms. The fourth-order valence-corrected chi connectivity index (χ4v) is 2.21. The van der Waals surface area contributed by atoms with Crippen molar-refractivity contribution < 1.29 is 14.3 Å². The quantitative estimate of drug-likeness (QED) is 0.870. The minimum Gasteiger partial charge on any atom is -0.497 e. The summed E-state index contributed by atoms with van der Waals surface area (Å²) < 4.78 is 10.4. The molecule has 0 unspecified atom stereocenters. The van der Waals surface area contributed by atoms with Gasteiger partial charge in [0, 0.05) is 6.07 Å². The molecule has 0 aromatic heterocycles. The number of hydrogen-bond acceptors (Lipinski definition) is 4. The van der Waals surface area contributed by atoms with Gasteiger partial charge in [0.25, 0.3) is 0 Å². The van der Waals surface area contributed by atoms with Gasteiger partial charge in [-0.05, 0) is 31.5 Å². The Hall–Kier alpha value is -1.75. The van der Waals surface area contributed by atoms with Crippen LogP contribution in [0.1, 0.15) is 19.3 Å². The minimum atomic E-state index is -0.121. The van der Waals surface area contributed by atoms with Crippen LogP contribution in [0.5, 0.6) is 11.5 Å². The average Bonchev–Trinajstić information content (AvgIpc) is 2.48. The number of nitrogens with one attached hydrogen (secondary N) is 2. The van der Waals surface area contributed by atoms with Crippen molar-refractivity contribution in [3.8, 4) is 11.5 Å². The van der Waals surface area contributed by atoms with Crippen LogP contribution in [0.25, 0.3) is 0 Å². The summed E-state index contributed by atoms with van der Waals surface area (Å²) in [5.41, 5.74) is 0.638. The lowest BCUT2D eigenvalue weighted by Gasteiger charge is -2.23. The molecule has 0 bridgehead atoms. The van der Waals surface area contributed by atoms with Crippen LogP contribution in [-0.4, -0.2) is 32.7 Å². The summed E-state index contributed by atoms with van der Waals surface area (Å²) in [6.07, 6.45) is 3.09. The fourth-order valence-electron chi connectivity index (χ4n) is 2.21. The number of carbonyl (C=O) groups excluding carboxylic acids is 1. The third kappa shape index (κ3) is 3.38. The summed E-state index contributed by atoms with van der Waals surface area (Å²) in [5, 5.41) is 6.12. The molecule has 1 saturated heterocycles. The number of carbonyl (C=O) groups is 1. The van der Waals surface area contributed by atoms with Gasteiger partial charge in [-0.25, -0.2) is 0 Å². The summed E-state index contributed by atoms with van der Waals surface area (Å²) in [7, 11) is 3.17. The Morgan fingerprint density at radius 2 is 2.16 bits per heavy atom. The van der Waals surface area contributed by atoms with Crippen LogP contribution in [0.2, 0.25) is 0 Å². The molecule has 1 fully saturated rings. The first-order valence-corrected chi connectivity index (χ1v) is 6.51. The van der Waals surface area contributed by atoms with Crippen LogP contribution in [-0.2, 0) is 4.79 Å². The number of rotatable bonds is 4. The van der Waals surface area contributed by atoms with Crippen molar-refractivity contribution in [2.75, 3.05) is 26.1 Å². The van der Waals surface area contributed by atoms with Crippen molar-refractivity contribution in [3.63, 3.8) is 0 Å². The Labute approximate surface area is 113 Å². The fraction of sp³-hybridized carbons (Fsp3) is 0.500. The first-order chi connectivity index (χ1) is 9.24. The zero-order chi connectivity index (χ0) is 13.7. The smallest absolute Gasteiger partial charge is 0.241 e. The molecule has 2 N–H and O–H groups in total. The van der Waals surface area contributed by atoms with E-state index < -0.39 is 0 Å². The van der Waals surface area contributed by atoms with Gasteiger partial charge in [-0.15, -0.1) is 0 Å². The van der Waals surface area contributed by atoms with Crippen LogP contribution in [0.3, 0.4) is 0 Å². The van der Waals surface area contributed by atoms with E-state index >= 15 is 0 Å². The van der Waals surface area contributed by atoms with Crippen molar-refractivity contribution in [2.45, 2.75) is 25.3 Å². The summed E-state index contributed by atoms with van der Waals surface area (Å²) in [6, 6.07) is 5.22. The van der Waals surface area contributed by atoms with Gasteiger partial charge >= 0.3 is 0 Å². The van der Waals surface area contributed by atoms with E-state index in [1.54, 1.807) is 32.4 Å². The molecule has 0 aliphatic carbocycles. The highest BCUT2D eigenvalue weighted by atomic mass is 16.5. The van der Waals surface area contributed by atoms with Gasteiger partial charge in [-0.3, -0.25) is 4.79 Å². The monoisotopic (exact) mass is 264 g/mol. The van der Waals surface area contributed by atoms with Crippen LogP contribution in [0.4, 0.5) is 5.69 Å². The Bertz CT molecular complexity index is 442. The Morgan fingerprint density at radius 3 is 2.79 bits per heavy atom. The standard InChI is InChI=1S/C14H20N2O3/c1-18-10-6-7-13(19-2)12(9-10)16-14(17)11-5-3-4-8-15-11/h6-7,9,11,15H,3-5,8H2,1-2H3,(H,16,17)/t11-/m0/s1. The number of anilines is 1. The van der Waals surface area contributed by atoms with E-state index in [0.29, 0.717) is 17.2 Å². The highest BCUT2D eigenvalue weighted by Crippen LogP contribution is 2.29. The minimum absolute atomic E-state index is 0.0220. The molecule has 104 valence electrons. The highest BCUT2D eigenvalue weighted by molar-refractivity contribution is 5.96. The summed E-state index contributed by atoms with van der Waals surface area (Å²) in [5.74, 6) is 1.30. The van der Waals surface area contributed by atoms with Crippen LogP contribution in [0, 0.1) is 0 Å². The average molecular weight is 264 g/mol. The van der Waals surface area contributed by atoms with Crippen LogP contribution in [0.15, 0.2) is 18.2 Å². The van der Waals surface area contributed by atoms with Crippen molar-refractivity contribution in [1.29, 1.82) is 0 Å². The first kappa shape index (κ1) is 13.7. The molecule has 1 aliphatic heterocycles. The lowest BCUT2D eigenvalue weighted by Crippen LogP contribution is -2.43. The van der Waals surface area contributed by atoms with Gasteiger partial charge in [0.05, 0.1) is 25.9 Å². The van der Waals surface area contributed by atoms with Gasteiger partial charge < -0.3 is 20.1 Å². The second kappa shape index (κ2) is 6.43. The van der Waals surface area contributed by atoms with E-state index in [4.69, 9.17) is 9.47 Å². The molecule has 1 atom stereocenters. The number of benzene rings is 1. The summed E-state index contributed by atoms with van der Waals surface area (Å²) in [4.78, 5) is 12.2. The predicted molar refractivity (Wildman–Crippen MR) is 73.8 cm³/mol. The lowest BCUT2D eigenvalue weighted by molar-refractivity contribution is -0.118. The molecule has 19 heavy (non-hydrogen) atoms. The Kier molecular flexibility index (Phi) is 4.63. The third-order valence-electron chi connectivity index (χ3n) is 3.29. The van der Waals surface area contributed by atoms with Crippen LogP contribution < -0.4 is 20.1 Å². The maximum Gasteiger partial charge on any atom is 0.241 e. The Balaban J connectivity index is 2.10. The number of piperidine rings is 1. The zero-order valence-electron chi connectivity index (χ0n) is 11.4. The topological polar surface area (TPSA) is 59.6 Å². The SMILES string of the molecule is COc1ccc(OC)c(NC(=O)[C@@H]2CCCCN2)c1. The molecular formula is C14H20N2O3. The molecule has 1 aliphatic rings. The van der Waals surface area contributed by atoms with Gasteiger partial charge in [-0.1, -0.05) is 6.42 Å². The second-order valence-electron chi connectivity index (χ2n) is 4.56. The normalized spacial score (nSPS) is 18.7. The molecule has 1 heterocycles. The van der Waals surface area contributed by atoms with Crippen molar-refractivity contribution in [3.05, 3.63) is 18.2 Å². The first-order valence-electron chi connectivity index (χ1n) is 6.51. The molecule has 5 nitrogen and oxygen atoms in total. The van der Waals surface area contributed by atoms with Gasteiger partial charge in [-0.2, -0.15) is 0 Å². The van der Waals surface area contributed by atoms with E-state index in [0.717, 1.165) is 25.8 Å². The number of methoxy groups -OCH3 is 2. The second-order valence-corrected chi connectivity index (χ2v) is 4.56. The van der Waals surface area contributed by atoms with Gasteiger partial charge in [0.15, 0.2) is 0 Å². The van der Waals surface area contributed by atoms with E-state index in [9.17, 15) is 4.79 Å². The molecule has 0 radical (unpaired) electrons. The van der Waals surface area contributed by atoms with Crippen molar-refractivity contribution in [1.82, 2.24) is 5.32 Å². The molecule has 0 saturated carbocycles. The van der Waals surface area contributed by atoms with E-state index in [1.807, 2.05) is 0 Å². The number of ether oxygens (including phenoxy) is 2. The largest absolute Gasteiger partial charge is 0.497 e. The predicted octanol–water partition coefficient (Wildman–Crippen LogP) is 1.78. The molecular weight excluding hydrogens is 244 g/mol. The van der Waals surface area contributed by atoms with Gasteiger partial charge in [0.2, 0.25) is 5.91 Å². The maximum atomic E-state index is 12.2. The number of hydrogen-bond donors (Lipinski definition) is 2. The van der Waals surface area contributed by atoms with E-state index in [1.165, 1.54) is 0 Å². The molecule has 1 aromatic carbocycles. The summed E-state index contributed by atoms with van der Waals surface area (Å²) in [6.45, 7) is 0.896. The molecule has 2 rings (SSSR count). The lowest BCUT2D eigenvalue weighted by atomic mass is 10.0.